The monoisotopic (exact) mass is 395 g/mol. The van der Waals surface area contributed by atoms with Crippen molar-refractivity contribution in [1.29, 1.82) is 0 Å². The van der Waals surface area contributed by atoms with Crippen LogP contribution >= 0.6 is 0 Å². The van der Waals surface area contributed by atoms with E-state index in [4.69, 9.17) is 4.42 Å². The van der Waals surface area contributed by atoms with Gasteiger partial charge in [-0.3, -0.25) is 9.89 Å². The molecule has 1 aromatic heterocycles. The van der Waals surface area contributed by atoms with E-state index in [9.17, 15) is 0 Å². The summed E-state index contributed by atoms with van der Waals surface area (Å²) >= 11 is 0. The zero-order chi connectivity index (χ0) is 19.9. The highest BCUT2D eigenvalue weighted by Crippen LogP contribution is 2.25. The van der Waals surface area contributed by atoms with Gasteiger partial charge in [-0.05, 0) is 62.5 Å². The van der Waals surface area contributed by atoms with Crippen LogP contribution in [0.2, 0.25) is 0 Å². The SMILES string of the molecule is CN=C(NCC1CCN(c2ccccc2)C1)NCC(c1ccco1)N1CCCC1. The molecule has 156 valence electrons. The Hall–Kier alpha value is -2.47. The topological polar surface area (TPSA) is 56.0 Å². The number of nitrogens with zero attached hydrogens (tertiary/aromatic N) is 3. The molecule has 0 spiro atoms. The first-order valence-electron chi connectivity index (χ1n) is 10.9. The fourth-order valence-electron chi connectivity index (χ4n) is 4.47. The zero-order valence-corrected chi connectivity index (χ0v) is 17.4. The quantitative estimate of drug-likeness (QED) is 0.557. The van der Waals surface area contributed by atoms with Crippen LogP contribution in [-0.4, -0.2) is 57.2 Å². The molecule has 3 heterocycles. The van der Waals surface area contributed by atoms with Crippen molar-refractivity contribution in [2.45, 2.75) is 25.3 Å². The number of aliphatic imine (C=N–C) groups is 1. The number of hydrogen-bond acceptors (Lipinski definition) is 4. The van der Waals surface area contributed by atoms with E-state index in [2.05, 4.69) is 61.8 Å². The van der Waals surface area contributed by atoms with E-state index in [0.29, 0.717) is 5.92 Å². The molecular formula is C23H33N5O. The van der Waals surface area contributed by atoms with E-state index in [-0.39, 0.29) is 6.04 Å². The predicted molar refractivity (Wildman–Crippen MR) is 118 cm³/mol. The van der Waals surface area contributed by atoms with Crippen LogP contribution in [0.3, 0.4) is 0 Å². The van der Waals surface area contributed by atoms with E-state index in [1.165, 1.54) is 24.9 Å². The van der Waals surface area contributed by atoms with Crippen LogP contribution in [0.15, 0.2) is 58.1 Å². The number of likely N-dealkylation sites (tertiary alicyclic amines) is 1. The molecule has 29 heavy (non-hydrogen) atoms. The Kier molecular flexibility index (Phi) is 6.72. The molecule has 2 saturated heterocycles. The molecule has 0 bridgehead atoms. The minimum atomic E-state index is 0.256. The van der Waals surface area contributed by atoms with E-state index >= 15 is 0 Å². The Labute approximate surface area is 174 Å². The van der Waals surface area contributed by atoms with Gasteiger partial charge in [0.05, 0.1) is 12.3 Å². The Morgan fingerprint density at radius 1 is 1.10 bits per heavy atom. The molecule has 6 heteroatoms. The van der Waals surface area contributed by atoms with Gasteiger partial charge in [-0.25, -0.2) is 0 Å². The summed E-state index contributed by atoms with van der Waals surface area (Å²) < 4.78 is 5.72. The van der Waals surface area contributed by atoms with Crippen molar-refractivity contribution in [3.05, 3.63) is 54.5 Å². The number of hydrogen-bond donors (Lipinski definition) is 2. The summed E-state index contributed by atoms with van der Waals surface area (Å²) in [7, 11) is 1.85. The predicted octanol–water partition coefficient (Wildman–Crippen LogP) is 3.11. The van der Waals surface area contributed by atoms with Crippen LogP contribution in [-0.2, 0) is 0 Å². The van der Waals surface area contributed by atoms with Gasteiger partial charge in [0.2, 0.25) is 0 Å². The molecule has 2 atom stereocenters. The van der Waals surface area contributed by atoms with Gasteiger partial charge in [0.25, 0.3) is 0 Å². The number of para-hydroxylation sites is 1. The summed E-state index contributed by atoms with van der Waals surface area (Å²) in [5, 5.41) is 7.06. The molecule has 0 radical (unpaired) electrons. The van der Waals surface area contributed by atoms with Gasteiger partial charge in [-0.15, -0.1) is 0 Å². The highest BCUT2D eigenvalue weighted by Gasteiger charge is 2.26. The second kappa shape index (κ2) is 9.83. The number of rotatable bonds is 7. The maximum Gasteiger partial charge on any atom is 0.191 e. The van der Waals surface area contributed by atoms with Crippen LogP contribution < -0.4 is 15.5 Å². The van der Waals surface area contributed by atoms with E-state index in [1.54, 1.807) is 6.26 Å². The van der Waals surface area contributed by atoms with Gasteiger partial charge in [-0.2, -0.15) is 0 Å². The standard InChI is InChI=1S/C23H33N5O/c1-24-23(25-16-19-11-14-28(18-19)20-8-3-2-4-9-20)26-17-21(22-10-7-15-29-22)27-12-5-6-13-27/h2-4,7-10,15,19,21H,5-6,11-14,16-18H2,1H3,(H2,24,25,26). The third kappa shape index (κ3) is 5.12. The lowest BCUT2D eigenvalue weighted by Gasteiger charge is -2.27. The average Bonchev–Trinajstić information content (AvgIpc) is 3.54. The Bertz CT molecular complexity index is 755. The highest BCUT2D eigenvalue weighted by molar-refractivity contribution is 5.79. The van der Waals surface area contributed by atoms with Crippen molar-refractivity contribution < 1.29 is 4.42 Å². The number of nitrogens with one attached hydrogen (secondary N) is 2. The summed E-state index contributed by atoms with van der Waals surface area (Å²) in [6.45, 7) is 6.23. The summed E-state index contributed by atoms with van der Waals surface area (Å²) in [6, 6.07) is 15.0. The van der Waals surface area contributed by atoms with Crippen molar-refractivity contribution in [2.75, 3.05) is 51.2 Å². The van der Waals surface area contributed by atoms with Crippen molar-refractivity contribution in [3.63, 3.8) is 0 Å². The second-order valence-electron chi connectivity index (χ2n) is 8.04. The molecular weight excluding hydrogens is 362 g/mol. The zero-order valence-electron chi connectivity index (χ0n) is 17.4. The van der Waals surface area contributed by atoms with Gasteiger partial charge in [0, 0.05) is 38.9 Å². The average molecular weight is 396 g/mol. The third-order valence-electron chi connectivity index (χ3n) is 6.10. The van der Waals surface area contributed by atoms with Crippen LogP contribution in [0.4, 0.5) is 5.69 Å². The molecule has 2 unspecified atom stereocenters. The normalized spacial score (nSPS) is 21.5. The maximum atomic E-state index is 5.72. The molecule has 2 N–H and O–H groups in total. The fourth-order valence-corrected chi connectivity index (χ4v) is 4.47. The summed E-state index contributed by atoms with van der Waals surface area (Å²) in [5.41, 5.74) is 1.32. The molecule has 0 amide bonds. The molecule has 2 aromatic rings. The smallest absolute Gasteiger partial charge is 0.191 e. The summed E-state index contributed by atoms with van der Waals surface area (Å²) in [6.07, 6.45) is 5.51. The molecule has 6 nitrogen and oxygen atoms in total. The van der Waals surface area contributed by atoms with Crippen molar-refractivity contribution >= 4 is 11.6 Å². The molecule has 4 rings (SSSR count). The maximum absolute atomic E-state index is 5.72. The minimum Gasteiger partial charge on any atom is -0.468 e. The lowest BCUT2D eigenvalue weighted by atomic mass is 10.1. The summed E-state index contributed by atoms with van der Waals surface area (Å²) in [4.78, 5) is 9.42. The van der Waals surface area contributed by atoms with Gasteiger partial charge in [-0.1, -0.05) is 18.2 Å². The molecule has 2 fully saturated rings. The largest absolute Gasteiger partial charge is 0.468 e. The number of furan rings is 1. The number of anilines is 1. The first-order chi connectivity index (χ1) is 14.3. The van der Waals surface area contributed by atoms with Crippen LogP contribution in [0.25, 0.3) is 0 Å². The molecule has 1 aromatic carbocycles. The number of guanidine groups is 1. The molecule has 0 saturated carbocycles. The van der Waals surface area contributed by atoms with E-state index < -0.39 is 0 Å². The Morgan fingerprint density at radius 2 is 1.93 bits per heavy atom. The molecule has 2 aliphatic rings. The molecule has 2 aliphatic heterocycles. The third-order valence-corrected chi connectivity index (χ3v) is 6.10. The van der Waals surface area contributed by atoms with Crippen molar-refractivity contribution in [2.24, 2.45) is 10.9 Å². The lowest BCUT2D eigenvalue weighted by molar-refractivity contribution is 0.215. The Morgan fingerprint density at radius 3 is 2.66 bits per heavy atom. The van der Waals surface area contributed by atoms with Crippen LogP contribution in [0, 0.1) is 5.92 Å². The highest BCUT2D eigenvalue weighted by atomic mass is 16.3. The van der Waals surface area contributed by atoms with Crippen molar-refractivity contribution in [3.8, 4) is 0 Å². The van der Waals surface area contributed by atoms with Gasteiger partial charge >= 0.3 is 0 Å². The lowest BCUT2D eigenvalue weighted by Crippen LogP contribution is -2.44. The fraction of sp³-hybridized carbons (Fsp3) is 0.522. The van der Waals surface area contributed by atoms with E-state index in [1.807, 2.05) is 13.1 Å². The summed E-state index contributed by atoms with van der Waals surface area (Å²) in [5.74, 6) is 2.54. The van der Waals surface area contributed by atoms with Gasteiger partial charge in [0.15, 0.2) is 5.96 Å². The van der Waals surface area contributed by atoms with Crippen LogP contribution in [0.1, 0.15) is 31.1 Å². The first kappa shape index (κ1) is 19.8. The first-order valence-corrected chi connectivity index (χ1v) is 10.9. The van der Waals surface area contributed by atoms with Gasteiger partial charge in [0.1, 0.15) is 5.76 Å². The second-order valence-corrected chi connectivity index (χ2v) is 8.04. The van der Waals surface area contributed by atoms with Crippen molar-refractivity contribution in [1.82, 2.24) is 15.5 Å². The minimum absolute atomic E-state index is 0.256. The van der Waals surface area contributed by atoms with Gasteiger partial charge < -0.3 is 20.0 Å². The van der Waals surface area contributed by atoms with Crippen LogP contribution in [0.5, 0.6) is 0 Å². The molecule has 0 aliphatic carbocycles. The Balaban J connectivity index is 1.26. The van der Waals surface area contributed by atoms with E-state index in [0.717, 1.165) is 51.0 Å². The number of benzene rings is 1.